The molecule has 0 unspecified atom stereocenters. The summed E-state index contributed by atoms with van der Waals surface area (Å²) in [7, 11) is 1.23. The van der Waals surface area contributed by atoms with E-state index < -0.39 is 23.2 Å². The molecule has 19 heavy (non-hydrogen) atoms. The first-order chi connectivity index (χ1) is 8.68. The maximum absolute atomic E-state index is 12.0. The summed E-state index contributed by atoms with van der Waals surface area (Å²) in [6.07, 6.45) is 0.935. The number of esters is 1. The molecule has 0 heterocycles. The fourth-order valence-corrected chi connectivity index (χ4v) is 1.88. The van der Waals surface area contributed by atoms with Crippen molar-refractivity contribution in [2.24, 2.45) is 0 Å². The molecule has 1 saturated carbocycles. The van der Waals surface area contributed by atoms with Crippen molar-refractivity contribution < 1.29 is 23.9 Å². The van der Waals surface area contributed by atoms with E-state index in [1.54, 1.807) is 20.8 Å². The molecular weight excluding hydrogens is 250 g/mol. The molecule has 1 N–H and O–H groups in total. The SMILES string of the molecule is COC(=O)CC(=O)C1(NC(=O)OC(C)(C)C)CCC1. The predicted molar refractivity (Wildman–Crippen MR) is 67.6 cm³/mol. The maximum atomic E-state index is 12.0. The van der Waals surface area contributed by atoms with Gasteiger partial charge in [-0.3, -0.25) is 9.59 Å². The van der Waals surface area contributed by atoms with Crippen LogP contribution in [0.1, 0.15) is 46.5 Å². The molecule has 0 radical (unpaired) electrons. The van der Waals surface area contributed by atoms with Gasteiger partial charge in [0.05, 0.1) is 7.11 Å². The number of methoxy groups -OCH3 is 1. The van der Waals surface area contributed by atoms with E-state index in [1.165, 1.54) is 7.11 Å². The van der Waals surface area contributed by atoms with Crippen LogP contribution in [-0.4, -0.2) is 36.1 Å². The lowest BCUT2D eigenvalue weighted by Gasteiger charge is -2.40. The molecule has 1 aliphatic carbocycles. The second-order valence-electron chi connectivity index (χ2n) is 5.74. The van der Waals surface area contributed by atoms with E-state index >= 15 is 0 Å². The summed E-state index contributed by atoms with van der Waals surface area (Å²) in [6, 6.07) is 0. The minimum atomic E-state index is -0.962. The predicted octanol–water partition coefficient (Wildman–Crippen LogP) is 1.57. The van der Waals surface area contributed by atoms with Crippen LogP contribution in [0.2, 0.25) is 0 Å². The largest absolute Gasteiger partial charge is 0.469 e. The molecule has 6 nitrogen and oxygen atoms in total. The number of Topliss-reactive ketones (excluding diaryl/α,β-unsaturated/α-hetero) is 1. The molecular formula is C13H21NO5. The zero-order valence-corrected chi connectivity index (χ0v) is 11.9. The summed E-state index contributed by atoms with van der Waals surface area (Å²) in [5, 5.41) is 2.60. The van der Waals surface area contributed by atoms with Crippen molar-refractivity contribution in [2.75, 3.05) is 7.11 Å². The smallest absolute Gasteiger partial charge is 0.408 e. The lowest BCUT2D eigenvalue weighted by molar-refractivity contribution is -0.146. The standard InChI is InChI=1S/C13H21NO5/c1-12(2,3)19-11(17)14-13(6-5-7-13)9(15)8-10(16)18-4/h5-8H2,1-4H3,(H,14,17). The van der Waals surface area contributed by atoms with Crippen molar-refractivity contribution in [1.29, 1.82) is 0 Å². The van der Waals surface area contributed by atoms with Crippen LogP contribution in [0.4, 0.5) is 4.79 Å². The Kier molecular flexibility index (Phi) is 4.55. The number of amides is 1. The molecule has 6 heteroatoms. The van der Waals surface area contributed by atoms with Gasteiger partial charge in [0.1, 0.15) is 17.6 Å². The highest BCUT2D eigenvalue weighted by atomic mass is 16.6. The normalized spacial score (nSPS) is 17.1. The van der Waals surface area contributed by atoms with E-state index in [0.717, 1.165) is 6.42 Å². The fraction of sp³-hybridized carbons (Fsp3) is 0.769. The lowest BCUT2D eigenvalue weighted by Crippen LogP contribution is -2.60. The molecule has 0 atom stereocenters. The Morgan fingerprint density at radius 3 is 2.16 bits per heavy atom. The number of nitrogens with one attached hydrogen (secondary N) is 1. The average Bonchev–Trinajstić information content (AvgIpc) is 2.20. The van der Waals surface area contributed by atoms with Crippen LogP contribution in [-0.2, 0) is 19.1 Å². The molecule has 0 aromatic rings. The molecule has 0 saturated heterocycles. The van der Waals surface area contributed by atoms with E-state index in [1.807, 2.05) is 0 Å². The quantitative estimate of drug-likeness (QED) is 0.620. The highest BCUT2D eigenvalue weighted by molar-refractivity contribution is 6.02. The first-order valence-corrected chi connectivity index (χ1v) is 6.30. The summed E-state index contributed by atoms with van der Waals surface area (Å²) >= 11 is 0. The van der Waals surface area contributed by atoms with Gasteiger partial charge in [-0.05, 0) is 40.0 Å². The average molecular weight is 271 g/mol. The minimum Gasteiger partial charge on any atom is -0.469 e. The van der Waals surface area contributed by atoms with Gasteiger partial charge in [0, 0.05) is 0 Å². The molecule has 1 rings (SSSR count). The summed E-state index contributed by atoms with van der Waals surface area (Å²) in [5.41, 5.74) is -1.59. The highest BCUT2D eigenvalue weighted by Gasteiger charge is 2.46. The number of ether oxygens (including phenoxy) is 2. The van der Waals surface area contributed by atoms with Crippen LogP contribution >= 0.6 is 0 Å². The van der Waals surface area contributed by atoms with Crippen LogP contribution in [0.5, 0.6) is 0 Å². The van der Waals surface area contributed by atoms with Crippen LogP contribution in [0.25, 0.3) is 0 Å². The van der Waals surface area contributed by atoms with Crippen LogP contribution in [0.3, 0.4) is 0 Å². The van der Waals surface area contributed by atoms with Crippen molar-refractivity contribution in [1.82, 2.24) is 5.32 Å². The van der Waals surface area contributed by atoms with Gasteiger partial charge in [0.2, 0.25) is 0 Å². The zero-order valence-electron chi connectivity index (χ0n) is 11.9. The van der Waals surface area contributed by atoms with Crippen molar-refractivity contribution in [2.45, 2.75) is 57.6 Å². The second kappa shape index (κ2) is 5.59. The third-order valence-electron chi connectivity index (χ3n) is 3.01. The Hall–Kier alpha value is -1.59. The van der Waals surface area contributed by atoms with Crippen LogP contribution < -0.4 is 5.32 Å². The Morgan fingerprint density at radius 2 is 1.79 bits per heavy atom. The Bertz CT molecular complexity index is 379. The summed E-state index contributed by atoms with van der Waals surface area (Å²) in [6.45, 7) is 5.24. The van der Waals surface area contributed by atoms with Crippen molar-refractivity contribution in [3.63, 3.8) is 0 Å². The van der Waals surface area contributed by atoms with Gasteiger partial charge in [-0.1, -0.05) is 0 Å². The molecule has 108 valence electrons. The van der Waals surface area contributed by atoms with E-state index in [-0.39, 0.29) is 12.2 Å². The second-order valence-corrected chi connectivity index (χ2v) is 5.74. The van der Waals surface area contributed by atoms with E-state index in [2.05, 4.69) is 10.1 Å². The molecule has 1 amide bonds. The number of hydrogen-bond acceptors (Lipinski definition) is 5. The number of rotatable bonds is 4. The summed E-state index contributed by atoms with van der Waals surface area (Å²) in [5.74, 6) is -0.918. The fourth-order valence-electron chi connectivity index (χ4n) is 1.88. The van der Waals surface area contributed by atoms with Crippen LogP contribution in [0, 0.1) is 0 Å². The Balaban J connectivity index is 2.63. The third kappa shape index (κ3) is 4.22. The third-order valence-corrected chi connectivity index (χ3v) is 3.01. The van der Waals surface area contributed by atoms with Crippen LogP contribution in [0.15, 0.2) is 0 Å². The zero-order chi connectivity index (χ0) is 14.7. The monoisotopic (exact) mass is 271 g/mol. The molecule has 0 aromatic heterocycles. The van der Waals surface area contributed by atoms with Crippen molar-refractivity contribution >= 4 is 17.8 Å². The summed E-state index contributed by atoms with van der Waals surface area (Å²) in [4.78, 5) is 34.9. The van der Waals surface area contributed by atoms with E-state index in [4.69, 9.17) is 4.74 Å². The lowest BCUT2D eigenvalue weighted by atomic mass is 9.73. The van der Waals surface area contributed by atoms with E-state index in [0.29, 0.717) is 12.8 Å². The number of hydrogen-bond donors (Lipinski definition) is 1. The first kappa shape index (κ1) is 15.5. The number of alkyl carbamates (subject to hydrolysis) is 1. The summed E-state index contributed by atoms with van der Waals surface area (Å²) < 4.78 is 9.60. The molecule has 0 spiro atoms. The Labute approximate surface area is 112 Å². The number of ketones is 1. The van der Waals surface area contributed by atoms with Crippen molar-refractivity contribution in [3.8, 4) is 0 Å². The topological polar surface area (TPSA) is 81.7 Å². The highest BCUT2D eigenvalue weighted by Crippen LogP contribution is 2.34. The van der Waals surface area contributed by atoms with Gasteiger partial charge in [-0.25, -0.2) is 4.79 Å². The molecule has 1 aliphatic rings. The van der Waals surface area contributed by atoms with Gasteiger partial charge in [0.15, 0.2) is 5.78 Å². The minimum absolute atomic E-state index is 0.323. The molecule has 1 fully saturated rings. The van der Waals surface area contributed by atoms with Gasteiger partial charge in [-0.15, -0.1) is 0 Å². The first-order valence-electron chi connectivity index (χ1n) is 6.30. The Morgan fingerprint density at radius 1 is 1.21 bits per heavy atom. The number of carbonyl (C=O) groups is 3. The van der Waals surface area contributed by atoms with Gasteiger partial charge in [0.25, 0.3) is 0 Å². The molecule has 0 bridgehead atoms. The van der Waals surface area contributed by atoms with Gasteiger partial charge < -0.3 is 14.8 Å². The molecule has 0 aliphatic heterocycles. The van der Waals surface area contributed by atoms with E-state index in [9.17, 15) is 14.4 Å². The number of carbonyl (C=O) groups excluding carboxylic acids is 3. The van der Waals surface area contributed by atoms with Gasteiger partial charge >= 0.3 is 12.1 Å². The molecule has 0 aromatic carbocycles. The maximum Gasteiger partial charge on any atom is 0.408 e. The van der Waals surface area contributed by atoms with Gasteiger partial charge in [-0.2, -0.15) is 0 Å². The van der Waals surface area contributed by atoms with Crippen molar-refractivity contribution in [3.05, 3.63) is 0 Å².